The second-order valence-electron chi connectivity index (χ2n) is 4.57. The Balaban J connectivity index is 2.76. The molecule has 0 aliphatic rings. The Morgan fingerprint density at radius 2 is 2.00 bits per heavy atom. The van der Waals surface area contributed by atoms with Gasteiger partial charge in [-0.3, -0.25) is 0 Å². The molecule has 0 heterocycles. The van der Waals surface area contributed by atoms with Crippen molar-refractivity contribution in [2.24, 2.45) is 0 Å². The molecule has 2 N–H and O–H groups in total. The van der Waals surface area contributed by atoms with E-state index in [-0.39, 0.29) is 16.3 Å². The second-order valence-corrected chi connectivity index (χ2v) is 5.41. The molecule has 0 spiro atoms. The molecule has 1 aromatic rings. The van der Waals surface area contributed by atoms with Crippen molar-refractivity contribution in [3.63, 3.8) is 0 Å². The first-order valence-electron chi connectivity index (χ1n) is 5.26. The van der Waals surface area contributed by atoms with E-state index in [2.05, 4.69) is 5.32 Å². The van der Waals surface area contributed by atoms with Crippen LogP contribution in [0.15, 0.2) is 12.1 Å². The van der Waals surface area contributed by atoms with Crippen molar-refractivity contribution < 1.29 is 9.84 Å². The molecule has 0 radical (unpaired) electrons. The summed E-state index contributed by atoms with van der Waals surface area (Å²) in [4.78, 5) is 0. The van der Waals surface area contributed by atoms with E-state index in [0.717, 1.165) is 0 Å². The van der Waals surface area contributed by atoms with Gasteiger partial charge in [0.2, 0.25) is 0 Å². The lowest BCUT2D eigenvalue weighted by Gasteiger charge is -2.25. The summed E-state index contributed by atoms with van der Waals surface area (Å²) >= 11 is 11.7. The molecule has 0 aromatic heterocycles. The fraction of sp³-hybridized carbons (Fsp3) is 0.500. The Morgan fingerprint density at radius 1 is 1.35 bits per heavy atom. The van der Waals surface area contributed by atoms with E-state index in [1.165, 1.54) is 6.07 Å². The quantitative estimate of drug-likeness (QED) is 0.869. The average molecular weight is 278 g/mol. The molecule has 0 saturated heterocycles. The molecule has 0 unspecified atom stereocenters. The fourth-order valence-electron chi connectivity index (χ4n) is 1.50. The Hall–Kier alpha value is -0.480. The number of phenols is 1. The van der Waals surface area contributed by atoms with Gasteiger partial charge < -0.3 is 15.2 Å². The van der Waals surface area contributed by atoms with Crippen molar-refractivity contribution in [3.8, 4) is 5.75 Å². The van der Waals surface area contributed by atoms with Crippen LogP contribution in [-0.2, 0) is 11.3 Å². The number of ether oxygens (including phenoxy) is 1. The molecule has 0 atom stereocenters. The Labute approximate surface area is 112 Å². The maximum Gasteiger partial charge on any atom is 0.138 e. The van der Waals surface area contributed by atoms with Crippen LogP contribution in [0, 0.1) is 0 Å². The SMILES string of the molecule is COCC(C)(C)NCc1cc(Cl)cc(Cl)c1O. The normalized spacial score (nSPS) is 11.8. The second kappa shape index (κ2) is 5.91. The summed E-state index contributed by atoms with van der Waals surface area (Å²) < 4.78 is 5.10. The van der Waals surface area contributed by atoms with Gasteiger partial charge in [0.25, 0.3) is 0 Å². The molecule has 1 aromatic carbocycles. The molecule has 17 heavy (non-hydrogen) atoms. The van der Waals surface area contributed by atoms with Crippen molar-refractivity contribution in [2.75, 3.05) is 13.7 Å². The summed E-state index contributed by atoms with van der Waals surface area (Å²) in [5.74, 6) is 0.0665. The van der Waals surface area contributed by atoms with E-state index in [1.807, 2.05) is 13.8 Å². The standard InChI is InChI=1S/C12H17Cl2NO2/c1-12(2,7-17-3)15-6-8-4-9(13)5-10(14)11(8)16/h4-5,15-16H,6-7H2,1-3H3. The lowest BCUT2D eigenvalue weighted by Crippen LogP contribution is -2.42. The van der Waals surface area contributed by atoms with Gasteiger partial charge in [0.05, 0.1) is 11.6 Å². The largest absolute Gasteiger partial charge is 0.506 e. The third-order valence-electron chi connectivity index (χ3n) is 2.37. The summed E-state index contributed by atoms with van der Waals surface area (Å²) in [7, 11) is 1.65. The molecule has 0 bridgehead atoms. The minimum absolute atomic E-state index is 0.0665. The van der Waals surface area contributed by atoms with Gasteiger partial charge in [0.1, 0.15) is 5.75 Å². The van der Waals surface area contributed by atoms with E-state index >= 15 is 0 Å². The van der Waals surface area contributed by atoms with E-state index in [4.69, 9.17) is 27.9 Å². The monoisotopic (exact) mass is 277 g/mol. The lowest BCUT2D eigenvalue weighted by molar-refractivity contribution is 0.127. The molecule has 0 aliphatic carbocycles. The van der Waals surface area contributed by atoms with Crippen LogP contribution in [0.2, 0.25) is 10.0 Å². The zero-order valence-electron chi connectivity index (χ0n) is 10.2. The maximum absolute atomic E-state index is 9.79. The maximum atomic E-state index is 9.79. The van der Waals surface area contributed by atoms with Gasteiger partial charge in [-0.05, 0) is 26.0 Å². The fourth-order valence-corrected chi connectivity index (χ4v) is 2.04. The molecule has 0 amide bonds. The van der Waals surface area contributed by atoms with Gasteiger partial charge in [-0.15, -0.1) is 0 Å². The van der Waals surface area contributed by atoms with Crippen molar-refractivity contribution in [3.05, 3.63) is 27.7 Å². The van der Waals surface area contributed by atoms with Crippen LogP contribution >= 0.6 is 23.2 Å². The lowest BCUT2D eigenvalue weighted by atomic mass is 10.1. The Bertz CT molecular complexity index is 394. The van der Waals surface area contributed by atoms with Gasteiger partial charge in [-0.1, -0.05) is 23.2 Å². The Kier molecular flexibility index (Phi) is 5.07. The number of rotatable bonds is 5. The molecule has 0 saturated carbocycles. The summed E-state index contributed by atoms with van der Waals surface area (Å²) in [6, 6.07) is 3.21. The van der Waals surface area contributed by atoms with Crippen molar-refractivity contribution in [1.29, 1.82) is 0 Å². The van der Waals surface area contributed by atoms with Crippen LogP contribution in [0.25, 0.3) is 0 Å². The summed E-state index contributed by atoms with van der Waals surface area (Å²) in [6.45, 7) is 5.07. The highest BCUT2D eigenvalue weighted by atomic mass is 35.5. The molecular weight excluding hydrogens is 261 g/mol. The molecule has 0 fully saturated rings. The first-order valence-corrected chi connectivity index (χ1v) is 6.02. The number of nitrogens with one attached hydrogen (secondary N) is 1. The van der Waals surface area contributed by atoms with Gasteiger partial charge in [-0.25, -0.2) is 0 Å². The van der Waals surface area contributed by atoms with Crippen molar-refractivity contribution in [1.82, 2.24) is 5.32 Å². The van der Waals surface area contributed by atoms with Crippen LogP contribution in [0.5, 0.6) is 5.75 Å². The van der Waals surface area contributed by atoms with E-state index in [0.29, 0.717) is 23.7 Å². The number of hydrogen-bond donors (Lipinski definition) is 2. The van der Waals surface area contributed by atoms with E-state index < -0.39 is 0 Å². The van der Waals surface area contributed by atoms with Crippen LogP contribution in [-0.4, -0.2) is 24.4 Å². The summed E-state index contributed by atoms with van der Waals surface area (Å²) in [5, 5.41) is 13.8. The third-order valence-corrected chi connectivity index (χ3v) is 2.88. The van der Waals surface area contributed by atoms with E-state index in [9.17, 15) is 5.11 Å². The van der Waals surface area contributed by atoms with Crippen LogP contribution in [0.4, 0.5) is 0 Å². The molecule has 5 heteroatoms. The first kappa shape index (κ1) is 14.6. The number of methoxy groups -OCH3 is 1. The van der Waals surface area contributed by atoms with Gasteiger partial charge in [-0.2, -0.15) is 0 Å². The zero-order valence-corrected chi connectivity index (χ0v) is 11.7. The first-order chi connectivity index (χ1) is 7.85. The molecule has 1 rings (SSSR count). The smallest absolute Gasteiger partial charge is 0.138 e. The molecular formula is C12H17Cl2NO2. The van der Waals surface area contributed by atoms with Gasteiger partial charge in [0.15, 0.2) is 0 Å². The summed E-state index contributed by atoms with van der Waals surface area (Å²) in [6.07, 6.45) is 0. The highest BCUT2D eigenvalue weighted by Crippen LogP contribution is 2.31. The predicted molar refractivity (Wildman–Crippen MR) is 70.9 cm³/mol. The Morgan fingerprint density at radius 3 is 2.59 bits per heavy atom. The van der Waals surface area contributed by atoms with Crippen LogP contribution < -0.4 is 5.32 Å². The highest BCUT2D eigenvalue weighted by molar-refractivity contribution is 6.35. The topological polar surface area (TPSA) is 41.5 Å². The number of hydrogen-bond acceptors (Lipinski definition) is 3. The van der Waals surface area contributed by atoms with Crippen molar-refractivity contribution in [2.45, 2.75) is 25.9 Å². The van der Waals surface area contributed by atoms with Crippen LogP contribution in [0.1, 0.15) is 19.4 Å². The molecule has 0 aliphatic heterocycles. The van der Waals surface area contributed by atoms with Crippen molar-refractivity contribution >= 4 is 23.2 Å². The average Bonchev–Trinajstić information content (AvgIpc) is 2.21. The zero-order chi connectivity index (χ0) is 13.1. The van der Waals surface area contributed by atoms with E-state index in [1.54, 1.807) is 13.2 Å². The predicted octanol–water partition coefficient (Wildman–Crippen LogP) is 3.21. The number of phenolic OH excluding ortho intramolecular Hbond substituents is 1. The van der Waals surface area contributed by atoms with Gasteiger partial charge >= 0.3 is 0 Å². The number of benzene rings is 1. The molecule has 96 valence electrons. The molecule has 3 nitrogen and oxygen atoms in total. The minimum atomic E-state index is -0.185. The third kappa shape index (κ3) is 4.36. The minimum Gasteiger partial charge on any atom is -0.506 e. The highest BCUT2D eigenvalue weighted by Gasteiger charge is 2.17. The summed E-state index contributed by atoms with van der Waals surface area (Å²) in [5.41, 5.74) is 0.488. The number of halogens is 2. The van der Waals surface area contributed by atoms with Crippen LogP contribution in [0.3, 0.4) is 0 Å². The number of aromatic hydroxyl groups is 1. The van der Waals surface area contributed by atoms with Gasteiger partial charge in [0, 0.05) is 29.8 Å².